The van der Waals surface area contributed by atoms with E-state index in [2.05, 4.69) is 15.6 Å². The summed E-state index contributed by atoms with van der Waals surface area (Å²) in [7, 11) is 3.15. The first-order chi connectivity index (χ1) is 15.1. The Morgan fingerprint density at radius 3 is 2.19 bits per heavy atom. The molecule has 7 heteroatoms. The molecule has 0 saturated carbocycles. The second kappa shape index (κ2) is 8.71. The van der Waals surface area contributed by atoms with Crippen molar-refractivity contribution in [2.24, 2.45) is 0 Å². The number of rotatable bonds is 5. The average molecular weight is 417 g/mol. The number of pyridine rings is 1. The van der Waals surface area contributed by atoms with Gasteiger partial charge in [-0.3, -0.25) is 0 Å². The van der Waals surface area contributed by atoms with E-state index >= 15 is 0 Å². The molecule has 0 atom stereocenters. The molecule has 0 bridgehead atoms. The number of fused-ring (bicyclic) bond motifs is 1. The highest BCUT2D eigenvalue weighted by Crippen LogP contribution is 2.32. The van der Waals surface area contributed by atoms with Crippen LogP contribution in [0.2, 0.25) is 0 Å². The molecule has 0 aliphatic heterocycles. The molecule has 0 fully saturated rings. The summed E-state index contributed by atoms with van der Waals surface area (Å²) in [4.78, 5) is 17.0. The highest BCUT2D eigenvalue weighted by molar-refractivity contribution is 6.01. The van der Waals surface area contributed by atoms with E-state index < -0.39 is 0 Å². The molecule has 0 spiro atoms. The molecule has 156 valence electrons. The molecular formula is C24H20FN3O3. The first kappa shape index (κ1) is 20.2. The minimum Gasteiger partial charge on any atom is -0.497 e. The Morgan fingerprint density at radius 1 is 0.839 bits per heavy atom. The number of amides is 2. The molecule has 6 nitrogen and oxygen atoms in total. The second-order valence-electron chi connectivity index (χ2n) is 6.76. The normalized spacial score (nSPS) is 10.5. The predicted octanol–water partition coefficient (Wildman–Crippen LogP) is 5.70. The summed E-state index contributed by atoms with van der Waals surface area (Å²) in [5.41, 5.74) is 3.38. The van der Waals surface area contributed by atoms with Crippen molar-refractivity contribution in [3.8, 4) is 22.8 Å². The van der Waals surface area contributed by atoms with Crippen molar-refractivity contribution in [3.05, 3.63) is 78.6 Å². The molecule has 0 aliphatic carbocycles. The molecular weight excluding hydrogens is 397 g/mol. The number of carbonyl (C=O) groups excluding carboxylic acids is 1. The number of ether oxygens (including phenoxy) is 2. The van der Waals surface area contributed by atoms with Crippen molar-refractivity contribution >= 4 is 28.3 Å². The first-order valence-electron chi connectivity index (χ1n) is 9.52. The molecule has 2 N–H and O–H groups in total. The standard InChI is InChI=1S/C24H20FN3O3/c1-30-19-10-7-17(8-11-19)26-24(29)27-18-9-12-21-20(13-18)23(31-2)14-22(28-21)15-3-5-16(25)6-4-15/h3-14H,1-2H3,(H2,26,27,29). The maximum absolute atomic E-state index is 13.2. The van der Waals surface area contributed by atoms with Gasteiger partial charge in [0.1, 0.15) is 17.3 Å². The average Bonchev–Trinajstić information content (AvgIpc) is 2.79. The number of urea groups is 1. The van der Waals surface area contributed by atoms with Gasteiger partial charge in [0.2, 0.25) is 0 Å². The van der Waals surface area contributed by atoms with Gasteiger partial charge in [-0.2, -0.15) is 0 Å². The van der Waals surface area contributed by atoms with Crippen molar-refractivity contribution in [3.63, 3.8) is 0 Å². The van der Waals surface area contributed by atoms with Gasteiger partial charge in [-0.25, -0.2) is 14.2 Å². The number of methoxy groups -OCH3 is 2. The van der Waals surface area contributed by atoms with Crippen molar-refractivity contribution < 1.29 is 18.7 Å². The van der Waals surface area contributed by atoms with Crippen molar-refractivity contribution in [1.29, 1.82) is 0 Å². The van der Waals surface area contributed by atoms with Gasteiger partial charge in [0.05, 0.1) is 25.4 Å². The molecule has 1 heterocycles. The van der Waals surface area contributed by atoms with E-state index in [1.807, 2.05) is 0 Å². The van der Waals surface area contributed by atoms with Crippen LogP contribution in [0.15, 0.2) is 72.8 Å². The lowest BCUT2D eigenvalue weighted by atomic mass is 10.1. The third-order valence-electron chi connectivity index (χ3n) is 4.74. The summed E-state index contributed by atoms with van der Waals surface area (Å²) in [6.07, 6.45) is 0. The Morgan fingerprint density at radius 2 is 1.52 bits per heavy atom. The number of aromatic nitrogens is 1. The maximum atomic E-state index is 13.2. The van der Waals surface area contributed by atoms with Gasteiger partial charge < -0.3 is 20.1 Å². The van der Waals surface area contributed by atoms with E-state index in [1.165, 1.54) is 12.1 Å². The van der Waals surface area contributed by atoms with Gasteiger partial charge in [-0.05, 0) is 66.7 Å². The molecule has 0 radical (unpaired) electrons. The van der Waals surface area contributed by atoms with Gasteiger partial charge in [0.25, 0.3) is 0 Å². The summed E-state index contributed by atoms with van der Waals surface area (Å²) in [5, 5.41) is 6.33. The lowest BCUT2D eigenvalue weighted by molar-refractivity contribution is 0.262. The number of anilines is 2. The van der Waals surface area contributed by atoms with Crippen LogP contribution in [0.25, 0.3) is 22.2 Å². The number of halogens is 1. The van der Waals surface area contributed by atoms with Crippen LogP contribution in [0.3, 0.4) is 0 Å². The zero-order valence-electron chi connectivity index (χ0n) is 17.0. The fourth-order valence-corrected chi connectivity index (χ4v) is 3.18. The van der Waals surface area contributed by atoms with Crippen LogP contribution in [-0.4, -0.2) is 25.2 Å². The largest absolute Gasteiger partial charge is 0.497 e. The van der Waals surface area contributed by atoms with E-state index in [0.717, 1.165) is 10.9 Å². The monoisotopic (exact) mass is 417 g/mol. The van der Waals surface area contributed by atoms with Crippen LogP contribution in [-0.2, 0) is 0 Å². The van der Waals surface area contributed by atoms with E-state index in [9.17, 15) is 9.18 Å². The molecule has 0 saturated heterocycles. The van der Waals surface area contributed by atoms with E-state index in [1.54, 1.807) is 74.9 Å². The zero-order chi connectivity index (χ0) is 21.8. The third-order valence-corrected chi connectivity index (χ3v) is 4.74. The Hall–Kier alpha value is -4.13. The SMILES string of the molecule is COc1ccc(NC(=O)Nc2ccc3nc(-c4ccc(F)cc4)cc(OC)c3c2)cc1. The predicted molar refractivity (Wildman–Crippen MR) is 119 cm³/mol. The van der Waals surface area contributed by atoms with Crippen LogP contribution in [0.4, 0.5) is 20.6 Å². The maximum Gasteiger partial charge on any atom is 0.323 e. The lowest BCUT2D eigenvalue weighted by Crippen LogP contribution is -2.19. The zero-order valence-corrected chi connectivity index (χ0v) is 17.0. The molecule has 1 aromatic heterocycles. The van der Waals surface area contributed by atoms with Crippen molar-refractivity contribution in [1.82, 2.24) is 4.98 Å². The summed E-state index contributed by atoms with van der Waals surface area (Å²) >= 11 is 0. The summed E-state index contributed by atoms with van der Waals surface area (Å²) in [6.45, 7) is 0. The van der Waals surface area contributed by atoms with E-state index in [0.29, 0.717) is 34.1 Å². The molecule has 4 rings (SSSR count). The van der Waals surface area contributed by atoms with E-state index in [4.69, 9.17) is 9.47 Å². The van der Waals surface area contributed by atoms with Crippen LogP contribution < -0.4 is 20.1 Å². The van der Waals surface area contributed by atoms with Gasteiger partial charge in [-0.1, -0.05) is 0 Å². The Labute approximate surface area is 178 Å². The Bertz CT molecular complexity index is 1230. The van der Waals surface area contributed by atoms with Crippen molar-refractivity contribution in [2.75, 3.05) is 24.9 Å². The molecule has 0 unspecified atom stereocenters. The fraction of sp³-hybridized carbons (Fsp3) is 0.0833. The van der Waals surface area contributed by atoms with Gasteiger partial charge >= 0.3 is 6.03 Å². The van der Waals surface area contributed by atoms with Crippen LogP contribution >= 0.6 is 0 Å². The smallest absolute Gasteiger partial charge is 0.323 e. The van der Waals surface area contributed by atoms with Crippen molar-refractivity contribution in [2.45, 2.75) is 0 Å². The number of carbonyl (C=O) groups is 1. The quantitative estimate of drug-likeness (QED) is 0.437. The highest BCUT2D eigenvalue weighted by atomic mass is 19.1. The summed E-state index contributed by atoms with van der Waals surface area (Å²) < 4.78 is 23.9. The molecule has 0 aliphatic rings. The summed E-state index contributed by atoms with van der Waals surface area (Å²) in [6, 6.07) is 19.9. The van der Waals surface area contributed by atoms with Gasteiger partial charge in [0, 0.05) is 28.4 Å². The second-order valence-corrected chi connectivity index (χ2v) is 6.76. The van der Waals surface area contributed by atoms with Gasteiger partial charge in [-0.15, -0.1) is 0 Å². The van der Waals surface area contributed by atoms with E-state index in [-0.39, 0.29) is 11.8 Å². The first-order valence-corrected chi connectivity index (χ1v) is 9.52. The van der Waals surface area contributed by atoms with Gasteiger partial charge in [0.15, 0.2) is 0 Å². The van der Waals surface area contributed by atoms with Crippen LogP contribution in [0.5, 0.6) is 11.5 Å². The summed E-state index contributed by atoms with van der Waals surface area (Å²) in [5.74, 6) is 1.00. The number of hydrogen-bond donors (Lipinski definition) is 2. The molecule has 4 aromatic rings. The minimum atomic E-state index is -0.376. The highest BCUT2D eigenvalue weighted by Gasteiger charge is 2.11. The third kappa shape index (κ3) is 4.56. The number of nitrogens with zero attached hydrogens (tertiary/aromatic N) is 1. The topological polar surface area (TPSA) is 72.5 Å². The van der Waals surface area contributed by atoms with Crippen LogP contribution in [0.1, 0.15) is 0 Å². The Kier molecular flexibility index (Phi) is 5.66. The molecule has 2 amide bonds. The molecule has 3 aromatic carbocycles. The fourth-order valence-electron chi connectivity index (χ4n) is 3.18. The minimum absolute atomic E-state index is 0.305. The number of nitrogens with one attached hydrogen (secondary N) is 2. The Balaban J connectivity index is 1.57. The van der Waals surface area contributed by atoms with Crippen LogP contribution in [0, 0.1) is 5.82 Å². The lowest BCUT2D eigenvalue weighted by Gasteiger charge is -2.12. The number of benzene rings is 3. The molecule has 31 heavy (non-hydrogen) atoms. The number of hydrogen-bond acceptors (Lipinski definition) is 4.